The molecule has 0 saturated carbocycles. The second-order valence-corrected chi connectivity index (χ2v) is 7.37. The summed E-state index contributed by atoms with van der Waals surface area (Å²) in [6, 6.07) is 0. The van der Waals surface area contributed by atoms with Crippen LogP contribution in [0.25, 0.3) is 0 Å². The molecule has 1 unspecified atom stereocenters. The SMILES string of the molecule is CCNCC1(CN(CCN(C)C)CC(C)C)CCCOC1. The lowest BCUT2D eigenvalue weighted by molar-refractivity contribution is -0.0281. The molecule has 0 amide bonds. The Hall–Kier alpha value is -0.160. The van der Waals surface area contributed by atoms with Gasteiger partial charge in [-0.2, -0.15) is 0 Å². The summed E-state index contributed by atoms with van der Waals surface area (Å²) in [5.74, 6) is 0.716. The maximum Gasteiger partial charge on any atom is 0.0546 e. The Kier molecular flexibility index (Phi) is 8.79. The van der Waals surface area contributed by atoms with Gasteiger partial charge in [0.15, 0.2) is 0 Å². The van der Waals surface area contributed by atoms with Crippen LogP contribution in [-0.2, 0) is 4.74 Å². The van der Waals surface area contributed by atoms with E-state index in [4.69, 9.17) is 4.74 Å². The highest BCUT2D eigenvalue weighted by atomic mass is 16.5. The summed E-state index contributed by atoms with van der Waals surface area (Å²) >= 11 is 0. The Morgan fingerprint density at radius 2 is 2.00 bits per heavy atom. The van der Waals surface area contributed by atoms with Crippen LogP contribution in [0.3, 0.4) is 0 Å². The Morgan fingerprint density at radius 3 is 2.52 bits per heavy atom. The molecule has 1 fully saturated rings. The summed E-state index contributed by atoms with van der Waals surface area (Å²) in [4.78, 5) is 4.93. The third kappa shape index (κ3) is 7.59. The molecular weight excluding hydrogens is 262 g/mol. The van der Waals surface area contributed by atoms with E-state index in [1.807, 2.05) is 0 Å². The monoisotopic (exact) mass is 299 g/mol. The highest BCUT2D eigenvalue weighted by Crippen LogP contribution is 2.29. The molecule has 1 aliphatic heterocycles. The van der Waals surface area contributed by atoms with E-state index < -0.39 is 0 Å². The lowest BCUT2D eigenvalue weighted by Crippen LogP contribution is -2.50. The molecule has 0 aromatic rings. The summed E-state index contributed by atoms with van der Waals surface area (Å²) in [7, 11) is 4.32. The normalized spacial score (nSPS) is 23.4. The van der Waals surface area contributed by atoms with Crippen LogP contribution in [0.4, 0.5) is 0 Å². The average molecular weight is 300 g/mol. The first-order valence-corrected chi connectivity index (χ1v) is 8.63. The highest BCUT2D eigenvalue weighted by Gasteiger charge is 2.34. The van der Waals surface area contributed by atoms with E-state index in [1.54, 1.807) is 0 Å². The van der Waals surface area contributed by atoms with Gasteiger partial charge in [0, 0.05) is 44.7 Å². The van der Waals surface area contributed by atoms with Crippen molar-refractivity contribution in [2.24, 2.45) is 11.3 Å². The summed E-state index contributed by atoms with van der Waals surface area (Å²) in [6.45, 7) is 15.4. The standard InChI is InChI=1S/C17H37N3O/c1-6-18-13-17(8-7-11-21-15-17)14-20(12-16(2)3)10-9-19(4)5/h16,18H,6-15H2,1-5H3. The first-order chi connectivity index (χ1) is 9.97. The first kappa shape index (κ1) is 18.9. The van der Waals surface area contributed by atoms with E-state index in [9.17, 15) is 0 Å². The molecule has 1 atom stereocenters. The zero-order valence-corrected chi connectivity index (χ0v) is 15.0. The highest BCUT2D eigenvalue weighted by molar-refractivity contribution is 4.87. The number of rotatable bonds is 10. The average Bonchev–Trinajstić information content (AvgIpc) is 2.43. The van der Waals surface area contributed by atoms with Gasteiger partial charge >= 0.3 is 0 Å². The molecule has 4 heteroatoms. The number of hydrogen-bond donors (Lipinski definition) is 1. The predicted molar refractivity (Wildman–Crippen MR) is 90.9 cm³/mol. The number of hydrogen-bond acceptors (Lipinski definition) is 4. The van der Waals surface area contributed by atoms with Crippen LogP contribution in [0, 0.1) is 11.3 Å². The fourth-order valence-corrected chi connectivity index (χ4v) is 3.19. The van der Waals surface area contributed by atoms with Crippen LogP contribution in [0.15, 0.2) is 0 Å². The molecule has 1 rings (SSSR count). The van der Waals surface area contributed by atoms with Crippen molar-refractivity contribution in [1.29, 1.82) is 0 Å². The van der Waals surface area contributed by atoms with E-state index in [0.29, 0.717) is 11.3 Å². The fraction of sp³-hybridized carbons (Fsp3) is 1.00. The van der Waals surface area contributed by atoms with Gasteiger partial charge in [0.1, 0.15) is 0 Å². The fourth-order valence-electron chi connectivity index (χ4n) is 3.19. The Balaban J connectivity index is 2.64. The zero-order chi connectivity index (χ0) is 15.7. The number of nitrogens with one attached hydrogen (secondary N) is 1. The Labute approximate surface area is 132 Å². The maximum absolute atomic E-state index is 5.84. The Bertz CT molecular complexity index is 263. The molecule has 126 valence electrons. The van der Waals surface area contributed by atoms with Crippen LogP contribution >= 0.6 is 0 Å². The molecule has 0 aromatic heterocycles. The molecule has 1 heterocycles. The predicted octanol–water partition coefficient (Wildman–Crippen LogP) is 1.91. The van der Waals surface area contributed by atoms with Crippen molar-refractivity contribution in [3.8, 4) is 0 Å². The van der Waals surface area contributed by atoms with Gasteiger partial charge in [-0.1, -0.05) is 20.8 Å². The van der Waals surface area contributed by atoms with Crippen molar-refractivity contribution in [2.75, 3.05) is 66.6 Å². The van der Waals surface area contributed by atoms with Gasteiger partial charge in [-0.3, -0.25) is 0 Å². The van der Waals surface area contributed by atoms with E-state index >= 15 is 0 Å². The topological polar surface area (TPSA) is 27.7 Å². The van der Waals surface area contributed by atoms with E-state index in [2.05, 4.69) is 50.0 Å². The minimum Gasteiger partial charge on any atom is -0.381 e. The molecule has 0 aliphatic carbocycles. The van der Waals surface area contributed by atoms with Gasteiger partial charge in [-0.05, 0) is 39.4 Å². The van der Waals surface area contributed by atoms with Crippen molar-refractivity contribution < 1.29 is 4.74 Å². The lowest BCUT2D eigenvalue weighted by atomic mass is 9.81. The maximum atomic E-state index is 5.84. The molecule has 4 nitrogen and oxygen atoms in total. The molecule has 21 heavy (non-hydrogen) atoms. The van der Waals surface area contributed by atoms with E-state index in [-0.39, 0.29) is 0 Å². The summed E-state index contributed by atoms with van der Waals surface area (Å²) in [6.07, 6.45) is 2.49. The van der Waals surface area contributed by atoms with Crippen molar-refractivity contribution >= 4 is 0 Å². The van der Waals surface area contributed by atoms with Gasteiger partial charge in [0.05, 0.1) is 6.61 Å². The van der Waals surface area contributed by atoms with E-state index in [1.165, 1.54) is 19.4 Å². The van der Waals surface area contributed by atoms with Crippen LogP contribution in [0.2, 0.25) is 0 Å². The van der Waals surface area contributed by atoms with Crippen LogP contribution in [0.1, 0.15) is 33.6 Å². The van der Waals surface area contributed by atoms with Crippen LogP contribution < -0.4 is 5.32 Å². The van der Waals surface area contributed by atoms with Gasteiger partial charge in [0.25, 0.3) is 0 Å². The van der Waals surface area contributed by atoms with Crippen LogP contribution in [0.5, 0.6) is 0 Å². The smallest absolute Gasteiger partial charge is 0.0546 e. The number of ether oxygens (including phenoxy) is 1. The van der Waals surface area contributed by atoms with Crippen molar-refractivity contribution in [3.63, 3.8) is 0 Å². The molecule has 0 aromatic carbocycles. The third-order valence-corrected chi connectivity index (χ3v) is 4.20. The van der Waals surface area contributed by atoms with Crippen LogP contribution in [-0.4, -0.2) is 76.4 Å². The van der Waals surface area contributed by atoms with Gasteiger partial charge in [0.2, 0.25) is 0 Å². The summed E-state index contributed by atoms with van der Waals surface area (Å²) in [5, 5.41) is 3.57. The second-order valence-electron chi connectivity index (χ2n) is 7.37. The lowest BCUT2D eigenvalue weighted by Gasteiger charge is -2.42. The molecule has 1 N–H and O–H groups in total. The van der Waals surface area contributed by atoms with Crippen molar-refractivity contribution in [2.45, 2.75) is 33.6 Å². The minimum absolute atomic E-state index is 0.301. The molecule has 0 radical (unpaired) electrons. The molecule has 0 bridgehead atoms. The van der Waals surface area contributed by atoms with Crippen molar-refractivity contribution in [3.05, 3.63) is 0 Å². The second kappa shape index (κ2) is 9.78. The van der Waals surface area contributed by atoms with Gasteiger partial charge < -0.3 is 19.9 Å². The molecule has 1 aliphatic rings. The first-order valence-electron chi connectivity index (χ1n) is 8.63. The number of nitrogens with zero attached hydrogens (tertiary/aromatic N) is 2. The zero-order valence-electron chi connectivity index (χ0n) is 15.0. The van der Waals surface area contributed by atoms with E-state index in [0.717, 1.165) is 45.9 Å². The Morgan fingerprint density at radius 1 is 1.24 bits per heavy atom. The molecule has 0 spiro atoms. The minimum atomic E-state index is 0.301. The van der Waals surface area contributed by atoms with Gasteiger partial charge in [-0.25, -0.2) is 0 Å². The van der Waals surface area contributed by atoms with Gasteiger partial charge in [-0.15, -0.1) is 0 Å². The molecule has 1 saturated heterocycles. The summed E-state index contributed by atoms with van der Waals surface area (Å²) in [5.41, 5.74) is 0.301. The largest absolute Gasteiger partial charge is 0.381 e. The molecular formula is C17H37N3O. The third-order valence-electron chi connectivity index (χ3n) is 4.20. The quantitative estimate of drug-likeness (QED) is 0.667. The number of likely N-dealkylation sites (N-methyl/N-ethyl adjacent to an activating group) is 1. The summed E-state index contributed by atoms with van der Waals surface area (Å²) < 4.78 is 5.84. The van der Waals surface area contributed by atoms with Crippen molar-refractivity contribution in [1.82, 2.24) is 15.1 Å².